The zero-order valence-corrected chi connectivity index (χ0v) is 9.87. The van der Waals surface area contributed by atoms with Crippen molar-refractivity contribution in [3.63, 3.8) is 0 Å². The molecule has 0 radical (unpaired) electrons. The molecule has 0 spiro atoms. The summed E-state index contributed by atoms with van der Waals surface area (Å²) in [4.78, 5) is 17.7. The van der Waals surface area contributed by atoms with Gasteiger partial charge in [-0.05, 0) is 28.1 Å². The minimum absolute atomic E-state index is 0.0964. The second-order valence-electron chi connectivity index (χ2n) is 3.32. The minimum Gasteiger partial charge on any atom is -0.481 e. The van der Waals surface area contributed by atoms with Gasteiger partial charge >= 0.3 is 5.82 Å². The summed E-state index contributed by atoms with van der Waals surface area (Å²) < 4.78 is 5.34. The highest BCUT2D eigenvalue weighted by Crippen LogP contribution is 2.24. The Morgan fingerprint density at radius 2 is 2.00 bits per heavy atom. The third kappa shape index (κ3) is 2.72. The maximum atomic E-state index is 10.7. The molecule has 0 amide bonds. The largest absolute Gasteiger partial charge is 0.481 e. The Morgan fingerprint density at radius 3 is 2.72 bits per heavy atom. The van der Waals surface area contributed by atoms with Crippen molar-refractivity contribution >= 4 is 17.4 Å². The number of nitro groups is 1. The van der Waals surface area contributed by atoms with Crippen molar-refractivity contribution in [3.8, 4) is 5.75 Å². The monoisotopic (exact) mass is 265 g/mol. The Morgan fingerprint density at radius 1 is 1.28 bits per heavy atom. The second kappa shape index (κ2) is 5.42. The third-order valence-electron chi connectivity index (χ3n) is 2.14. The van der Waals surface area contributed by atoms with Crippen molar-refractivity contribution in [3.05, 3.63) is 57.5 Å². The predicted octanol–water partition coefficient (Wildman–Crippen LogP) is 2.62. The van der Waals surface area contributed by atoms with Gasteiger partial charge in [0.25, 0.3) is 0 Å². The zero-order chi connectivity index (χ0) is 13.0. The highest BCUT2D eigenvalue weighted by Gasteiger charge is 2.15. The molecule has 2 aromatic rings. The molecule has 18 heavy (non-hydrogen) atoms. The lowest BCUT2D eigenvalue weighted by atomic mass is 10.3. The van der Waals surface area contributed by atoms with Crippen molar-refractivity contribution in [2.24, 2.45) is 0 Å². The molecule has 0 aliphatic heterocycles. The Balaban J connectivity index is 2.16. The third-order valence-corrected chi connectivity index (χ3v) is 2.48. The molecule has 0 atom stereocenters. The standard InChI is InChI=1S/C11H8ClN3O3/c12-10-8(3-1-5-13-10)7-18-9-4-2-6-14-11(9)15(16)17/h1-6H,7H2. The van der Waals surface area contributed by atoms with Gasteiger partial charge < -0.3 is 14.9 Å². The van der Waals surface area contributed by atoms with Gasteiger partial charge in [0.1, 0.15) is 18.0 Å². The van der Waals surface area contributed by atoms with E-state index < -0.39 is 4.92 Å². The lowest BCUT2D eigenvalue weighted by molar-refractivity contribution is -0.390. The van der Waals surface area contributed by atoms with Crippen molar-refractivity contribution < 1.29 is 9.66 Å². The number of rotatable bonds is 4. The van der Waals surface area contributed by atoms with Crippen LogP contribution in [-0.4, -0.2) is 14.9 Å². The van der Waals surface area contributed by atoms with Crippen molar-refractivity contribution in [1.82, 2.24) is 9.97 Å². The number of ether oxygens (including phenoxy) is 1. The van der Waals surface area contributed by atoms with Crippen LogP contribution in [0.3, 0.4) is 0 Å². The average Bonchev–Trinajstić information content (AvgIpc) is 2.38. The summed E-state index contributed by atoms with van der Waals surface area (Å²) in [6.45, 7) is 0.0964. The fourth-order valence-corrected chi connectivity index (χ4v) is 1.49. The van der Waals surface area contributed by atoms with Gasteiger partial charge in [-0.1, -0.05) is 17.7 Å². The summed E-state index contributed by atoms with van der Waals surface area (Å²) >= 11 is 5.85. The predicted molar refractivity (Wildman–Crippen MR) is 64.5 cm³/mol. The van der Waals surface area contributed by atoms with E-state index in [1.165, 1.54) is 12.3 Å². The number of pyridine rings is 2. The quantitative estimate of drug-likeness (QED) is 0.482. The number of halogens is 1. The Labute approximate surface area is 107 Å². The summed E-state index contributed by atoms with van der Waals surface area (Å²) in [6, 6.07) is 6.49. The number of nitrogens with zero attached hydrogens (tertiary/aromatic N) is 3. The summed E-state index contributed by atoms with van der Waals surface area (Å²) in [6.07, 6.45) is 2.89. The zero-order valence-electron chi connectivity index (χ0n) is 9.12. The van der Waals surface area contributed by atoms with Crippen LogP contribution in [0.15, 0.2) is 36.7 Å². The SMILES string of the molecule is O=[N+]([O-])c1ncccc1OCc1cccnc1Cl. The van der Waals surface area contributed by atoms with Crippen LogP contribution < -0.4 is 4.74 Å². The molecule has 2 rings (SSSR count). The van der Waals surface area contributed by atoms with Crippen LogP contribution in [0.1, 0.15) is 5.56 Å². The van der Waals surface area contributed by atoms with Crippen LogP contribution in [0.5, 0.6) is 5.75 Å². The molecular formula is C11H8ClN3O3. The fourth-order valence-electron chi connectivity index (χ4n) is 1.31. The normalized spacial score (nSPS) is 10.1. The topological polar surface area (TPSA) is 78.2 Å². The molecule has 2 heterocycles. The minimum atomic E-state index is -0.597. The van der Waals surface area contributed by atoms with E-state index in [0.717, 1.165) is 0 Å². The van der Waals surface area contributed by atoms with E-state index in [4.69, 9.17) is 16.3 Å². The lowest BCUT2D eigenvalue weighted by Gasteiger charge is -2.06. The molecule has 92 valence electrons. The smallest absolute Gasteiger partial charge is 0.406 e. The van der Waals surface area contributed by atoms with Gasteiger partial charge in [0.2, 0.25) is 5.75 Å². The van der Waals surface area contributed by atoms with E-state index in [9.17, 15) is 10.1 Å². The molecule has 6 nitrogen and oxygen atoms in total. The molecule has 7 heteroatoms. The highest BCUT2D eigenvalue weighted by atomic mass is 35.5. The van der Waals surface area contributed by atoms with Crippen molar-refractivity contribution in [1.29, 1.82) is 0 Å². The lowest BCUT2D eigenvalue weighted by Crippen LogP contribution is -2.01. The van der Waals surface area contributed by atoms with E-state index in [2.05, 4.69) is 9.97 Å². The van der Waals surface area contributed by atoms with Gasteiger partial charge in [-0.25, -0.2) is 4.98 Å². The van der Waals surface area contributed by atoms with Crippen LogP contribution in [-0.2, 0) is 6.61 Å². The molecule has 0 fully saturated rings. The number of hydrogen-bond donors (Lipinski definition) is 0. The molecule has 0 bridgehead atoms. The van der Waals surface area contributed by atoms with Crippen LogP contribution in [0.2, 0.25) is 5.15 Å². The number of hydrogen-bond acceptors (Lipinski definition) is 5. The Hall–Kier alpha value is -2.21. The summed E-state index contributed by atoms with van der Waals surface area (Å²) in [5.74, 6) is -0.222. The van der Waals surface area contributed by atoms with Gasteiger partial charge in [0.15, 0.2) is 0 Å². The molecular weight excluding hydrogens is 258 g/mol. The maximum absolute atomic E-state index is 10.7. The first-order chi connectivity index (χ1) is 8.68. The molecule has 0 N–H and O–H groups in total. The van der Waals surface area contributed by atoms with E-state index in [1.807, 2.05) is 0 Å². The van der Waals surface area contributed by atoms with Crippen molar-refractivity contribution in [2.75, 3.05) is 0 Å². The summed E-state index contributed by atoms with van der Waals surface area (Å²) in [7, 11) is 0. The van der Waals surface area contributed by atoms with Crippen LogP contribution in [0, 0.1) is 10.1 Å². The summed E-state index contributed by atoms with van der Waals surface area (Å²) in [5, 5.41) is 11.0. The van der Waals surface area contributed by atoms with Crippen molar-refractivity contribution in [2.45, 2.75) is 6.61 Å². The molecule has 0 aliphatic rings. The number of aromatic nitrogens is 2. The molecule has 0 aliphatic carbocycles. The first-order valence-corrected chi connectivity index (χ1v) is 5.38. The Bertz CT molecular complexity index is 577. The molecule has 0 aromatic carbocycles. The van der Waals surface area contributed by atoms with Crippen LogP contribution in [0.25, 0.3) is 0 Å². The first-order valence-electron chi connectivity index (χ1n) is 5.00. The molecule has 0 unspecified atom stereocenters. The van der Waals surface area contributed by atoms with E-state index in [-0.39, 0.29) is 18.2 Å². The molecule has 0 saturated heterocycles. The van der Waals surface area contributed by atoms with E-state index >= 15 is 0 Å². The second-order valence-corrected chi connectivity index (χ2v) is 3.68. The van der Waals surface area contributed by atoms with Gasteiger partial charge in [-0.3, -0.25) is 0 Å². The Kier molecular flexibility index (Phi) is 3.69. The van der Waals surface area contributed by atoms with Gasteiger partial charge in [0.05, 0.1) is 0 Å². The fraction of sp³-hybridized carbons (Fsp3) is 0.0909. The van der Waals surface area contributed by atoms with Gasteiger partial charge in [-0.15, -0.1) is 0 Å². The van der Waals surface area contributed by atoms with Crippen LogP contribution >= 0.6 is 11.6 Å². The average molecular weight is 266 g/mol. The molecule has 0 saturated carbocycles. The van der Waals surface area contributed by atoms with Gasteiger partial charge in [-0.2, -0.15) is 0 Å². The van der Waals surface area contributed by atoms with E-state index in [0.29, 0.717) is 10.7 Å². The highest BCUT2D eigenvalue weighted by molar-refractivity contribution is 6.30. The van der Waals surface area contributed by atoms with E-state index in [1.54, 1.807) is 24.4 Å². The first kappa shape index (κ1) is 12.3. The maximum Gasteiger partial charge on any atom is 0.406 e. The van der Waals surface area contributed by atoms with Crippen LogP contribution in [0.4, 0.5) is 5.82 Å². The van der Waals surface area contributed by atoms with Gasteiger partial charge in [0, 0.05) is 11.8 Å². The summed E-state index contributed by atoms with van der Waals surface area (Å²) in [5.41, 5.74) is 0.650. The molecule has 2 aromatic heterocycles.